The number of fused-ring (bicyclic) bond motifs is 1. The number of hydrogen-bond acceptors (Lipinski definition) is 4. The first-order valence-electron chi connectivity index (χ1n) is 9.59. The standard InChI is InChI=1S/C22H22FN3O3/c1-13-6-7-15(10-24-13)8-20(27)26-11-17(12-26)14(2)25-22(28)19-9-16-4-3-5-18(23)21(16)29-19/h3-7,9-10,14,17H,8,11-12H2,1-2H3,(H,25,28). The number of rotatable bonds is 5. The predicted octanol–water partition coefficient (Wildman–Crippen LogP) is 3.09. The summed E-state index contributed by atoms with van der Waals surface area (Å²) < 4.78 is 19.1. The number of benzene rings is 1. The lowest BCUT2D eigenvalue weighted by Crippen LogP contribution is -2.57. The summed E-state index contributed by atoms with van der Waals surface area (Å²) in [5, 5.41) is 3.44. The van der Waals surface area contributed by atoms with Gasteiger partial charge in [0.05, 0.1) is 6.42 Å². The second-order valence-electron chi connectivity index (χ2n) is 7.57. The number of nitrogens with zero attached hydrogens (tertiary/aromatic N) is 2. The molecule has 0 saturated carbocycles. The number of nitrogens with one attached hydrogen (secondary N) is 1. The van der Waals surface area contributed by atoms with Crippen LogP contribution in [0.15, 0.2) is 47.0 Å². The number of aromatic nitrogens is 1. The monoisotopic (exact) mass is 395 g/mol. The van der Waals surface area contributed by atoms with Crippen molar-refractivity contribution in [3.05, 3.63) is 65.4 Å². The van der Waals surface area contributed by atoms with Crippen LogP contribution in [0.4, 0.5) is 4.39 Å². The molecule has 1 aliphatic rings. The molecule has 1 atom stereocenters. The predicted molar refractivity (Wildman–Crippen MR) is 106 cm³/mol. The molecule has 1 aliphatic heterocycles. The van der Waals surface area contributed by atoms with Gasteiger partial charge >= 0.3 is 0 Å². The summed E-state index contributed by atoms with van der Waals surface area (Å²) in [7, 11) is 0. The molecular weight excluding hydrogens is 373 g/mol. The molecule has 7 heteroatoms. The summed E-state index contributed by atoms with van der Waals surface area (Å²) in [4.78, 5) is 30.8. The third-order valence-corrected chi connectivity index (χ3v) is 5.38. The number of aryl methyl sites for hydroxylation is 1. The number of carbonyl (C=O) groups excluding carboxylic acids is 2. The van der Waals surface area contributed by atoms with Gasteiger partial charge in [0.15, 0.2) is 17.2 Å². The van der Waals surface area contributed by atoms with Gasteiger partial charge in [-0.3, -0.25) is 14.6 Å². The van der Waals surface area contributed by atoms with Gasteiger partial charge in [0.1, 0.15) is 0 Å². The van der Waals surface area contributed by atoms with E-state index in [2.05, 4.69) is 10.3 Å². The number of pyridine rings is 1. The van der Waals surface area contributed by atoms with Crippen LogP contribution in [-0.2, 0) is 11.2 Å². The third kappa shape index (κ3) is 3.99. The van der Waals surface area contributed by atoms with Crippen molar-refractivity contribution in [2.75, 3.05) is 13.1 Å². The Morgan fingerprint density at radius 3 is 2.79 bits per heavy atom. The van der Waals surface area contributed by atoms with Gasteiger partial charge in [0.2, 0.25) is 5.91 Å². The van der Waals surface area contributed by atoms with E-state index >= 15 is 0 Å². The van der Waals surface area contributed by atoms with E-state index in [1.165, 1.54) is 12.1 Å². The van der Waals surface area contributed by atoms with Crippen molar-refractivity contribution in [1.82, 2.24) is 15.2 Å². The fourth-order valence-corrected chi connectivity index (χ4v) is 3.46. The number of hydrogen-bond donors (Lipinski definition) is 1. The van der Waals surface area contributed by atoms with E-state index in [0.29, 0.717) is 24.9 Å². The molecule has 0 aliphatic carbocycles. The minimum atomic E-state index is -0.494. The smallest absolute Gasteiger partial charge is 0.287 e. The molecule has 0 bridgehead atoms. The molecule has 6 nitrogen and oxygen atoms in total. The van der Waals surface area contributed by atoms with E-state index in [4.69, 9.17) is 4.42 Å². The highest BCUT2D eigenvalue weighted by Gasteiger charge is 2.35. The van der Waals surface area contributed by atoms with E-state index in [-0.39, 0.29) is 35.1 Å². The second kappa shape index (κ2) is 7.66. The van der Waals surface area contributed by atoms with Crippen LogP contribution in [0.1, 0.15) is 28.7 Å². The molecule has 2 aromatic heterocycles. The Bertz CT molecular complexity index is 1050. The number of amides is 2. The number of para-hydroxylation sites is 1. The van der Waals surface area contributed by atoms with Crippen molar-refractivity contribution in [3.8, 4) is 0 Å². The van der Waals surface area contributed by atoms with Crippen molar-refractivity contribution in [2.45, 2.75) is 26.3 Å². The van der Waals surface area contributed by atoms with E-state index < -0.39 is 5.82 Å². The first kappa shape index (κ1) is 19.1. The molecule has 3 aromatic rings. The van der Waals surface area contributed by atoms with Crippen LogP contribution in [0.5, 0.6) is 0 Å². The lowest BCUT2D eigenvalue weighted by Gasteiger charge is -2.42. The van der Waals surface area contributed by atoms with Gasteiger partial charge < -0.3 is 14.6 Å². The zero-order chi connectivity index (χ0) is 20.5. The van der Waals surface area contributed by atoms with Gasteiger partial charge in [0.25, 0.3) is 5.91 Å². The molecule has 4 rings (SSSR count). The molecule has 3 heterocycles. The molecular formula is C22H22FN3O3. The number of carbonyl (C=O) groups is 2. The Hall–Kier alpha value is -3.22. The van der Waals surface area contributed by atoms with Crippen LogP contribution in [0, 0.1) is 18.7 Å². The maximum absolute atomic E-state index is 13.7. The summed E-state index contributed by atoms with van der Waals surface area (Å²) in [6, 6.07) is 9.77. The van der Waals surface area contributed by atoms with Gasteiger partial charge in [-0.25, -0.2) is 4.39 Å². The van der Waals surface area contributed by atoms with Gasteiger partial charge in [-0.2, -0.15) is 0 Å². The number of likely N-dealkylation sites (tertiary alicyclic amines) is 1. The summed E-state index contributed by atoms with van der Waals surface area (Å²) in [6.45, 7) is 4.99. The topological polar surface area (TPSA) is 75.4 Å². The highest BCUT2D eigenvalue weighted by molar-refractivity contribution is 5.96. The molecule has 1 saturated heterocycles. The highest BCUT2D eigenvalue weighted by atomic mass is 19.1. The van der Waals surface area contributed by atoms with Crippen LogP contribution in [0.2, 0.25) is 0 Å². The highest BCUT2D eigenvalue weighted by Crippen LogP contribution is 2.24. The maximum Gasteiger partial charge on any atom is 0.287 e. The Kier molecular flexibility index (Phi) is 5.05. The van der Waals surface area contributed by atoms with Crippen molar-refractivity contribution in [1.29, 1.82) is 0 Å². The Morgan fingerprint density at radius 2 is 2.10 bits per heavy atom. The second-order valence-corrected chi connectivity index (χ2v) is 7.57. The van der Waals surface area contributed by atoms with Crippen LogP contribution in [0.25, 0.3) is 11.0 Å². The summed E-state index contributed by atoms with van der Waals surface area (Å²) in [5.41, 5.74) is 1.89. The van der Waals surface area contributed by atoms with Gasteiger partial charge in [0, 0.05) is 42.3 Å². The van der Waals surface area contributed by atoms with Crippen molar-refractivity contribution < 1.29 is 18.4 Å². The zero-order valence-corrected chi connectivity index (χ0v) is 16.3. The van der Waals surface area contributed by atoms with E-state index in [0.717, 1.165) is 11.3 Å². The zero-order valence-electron chi connectivity index (χ0n) is 16.3. The normalized spacial score (nSPS) is 15.2. The first-order valence-corrected chi connectivity index (χ1v) is 9.59. The third-order valence-electron chi connectivity index (χ3n) is 5.38. The SMILES string of the molecule is Cc1ccc(CC(=O)N2CC(C(C)NC(=O)c3cc4cccc(F)c4o3)C2)cn1. The van der Waals surface area contributed by atoms with Crippen LogP contribution < -0.4 is 5.32 Å². The molecule has 2 amide bonds. The van der Waals surface area contributed by atoms with Gasteiger partial charge in [-0.15, -0.1) is 0 Å². The number of furan rings is 1. The molecule has 1 unspecified atom stereocenters. The largest absolute Gasteiger partial charge is 0.448 e. The van der Waals surface area contributed by atoms with Gasteiger partial charge in [-0.1, -0.05) is 18.2 Å². The fraction of sp³-hybridized carbons (Fsp3) is 0.318. The Labute approximate surface area is 167 Å². The average molecular weight is 395 g/mol. The molecule has 1 N–H and O–H groups in total. The van der Waals surface area contributed by atoms with E-state index in [1.54, 1.807) is 23.2 Å². The summed E-state index contributed by atoms with van der Waals surface area (Å²) in [6.07, 6.45) is 2.05. The molecule has 0 radical (unpaired) electrons. The minimum absolute atomic E-state index is 0.0539. The molecule has 29 heavy (non-hydrogen) atoms. The quantitative estimate of drug-likeness (QED) is 0.720. The minimum Gasteiger partial charge on any atom is -0.448 e. The first-order chi connectivity index (χ1) is 13.9. The molecule has 1 fully saturated rings. The average Bonchev–Trinajstić information content (AvgIpc) is 3.08. The Morgan fingerprint density at radius 1 is 1.31 bits per heavy atom. The summed E-state index contributed by atoms with van der Waals surface area (Å²) >= 11 is 0. The molecule has 0 spiro atoms. The van der Waals surface area contributed by atoms with Crippen molar-refractivity contribution in [3.63, 3.8) is 0 Å². The maximum atomic E-state index is 13.7. The Balaban J connectivity index is 1.30. The lowest BCUT2D eigenvalue weighted by atomic mass is 9.92. The molecule has 1 aromatic carbocycles. The van der Waals surface area contributed by atoms with Crippen LogP contribution in [0.3, 0.4) is 0 Å². The van der Waals surface area contributed by atoms with Crippen molar-refractivity contribution in [2.24, 2.45) is 5.92 Å². The van der Waals surface area contributed by atoms with E-state index in [9.17, 15) is 14.0 Å². The van der Waals surface area contributed by atoms with Crippen molar-refractivity contribution >= 4 is 22.8 Å². The summed E-state index contributed by atoms with van der Waals surface area (Å²) in [5.74, 6) is -0.579. The van der Waals surface area contributed by atoms with Crippen LogP contribution in [-0.4, -0.2) is 40.8 Å². The lowest BCUT2D eigenvalue weighted by molar-refractivity contribution is -0.137. The van der Waals surface area contributed by atoms with E-state index in [1.807, 2.05) is 26.0 Å². The number of halogens is 1. The fourth-order valence-electron chi connectivity index (χ4n) is 3.46. The van der Waals surface area contributed by atoms with Crippen LogP contribution >= 0.6 is 0 Å². The molecule has 150 valence electrons. The van der Waals surface area contributed by atoms with Gasteiger partial charge in [-0.05, 0) is 37.6 Å².